The predicted molar refractivity (Wildman–Crippen MR) is 96.6 cm³/mol. The molecule has 0 nitrogen and oxygen atoms in total. The molecule has 0 saturated heterocycles. The van der Waals surface area contributed by atoms with Crippen LogP contribution in [-0.2, 0) is 21.7 Å². The molecule has 0 aliphatic heterocycles. The summed E-state index contributed by atoms with van der Waals surface area (Å²) >= 11 is 0. The van der Waals surface area contributed by atoms with Crippen LogP contribution in [0, 0.1) is 19.9 Å². The van der Waals surface area contributed by atoms with Crippen molar-refractivity contribution in [2.45, 2.75) is 66.0 Å². The SMILES string of the molecule is CCCC[Si](C)(C1=[C-]CC=C1CC)c1cc(C)cc(C)c1.[Cl-].[Cl-].[Cl-].[Ti+4]. The van der Waals surface area contributed by atoms with Gasteiger partial charge in [0.25, 0.3) is 0 Å². The quantitative estimate of drug-likeness (QED) is 0.310. The van der Waals surface area contributed by atoms with E-state index >= 15 is 0 Å². The van der Waals surface area contributed by atoms with Crippen molar-refractivity contribution in [3.05, 3.63) is 52.2 Å². The van der Waals surface area contributed by atoms with Crippen molar-refractivity contribution >= 4 is 13.3 Å². The van der Waals surface area contributed by atoms with E-state index in [0.717, 1.165) is 12.8 Å². The van der Waals surface area contributed by atoms with Gasteiger partial charge < -0.3 is 37.2 Å². The molecule has 0 spiro atoms. The van der Waals surface area contributed by atoms with Crippen LogP contribution in [0.2, 0.25) is 12.6 Å². The number of halogens is 3. The molecule has 1 atom stereocenters. The molecule has 0 saturated carbocycles. The molecule has 1 aromatic rings. The molecule has 0 heterocycles. The van der Waals surface area contributed by atoms with Crippen molar-refractivity contribution in [1.29, 1.82) is 0 Å². The fraction of sp³-hybridized carbons (Fsp3) is 0.500. The van der Waals surface area contributed by atoms with E-state index in [0.29, 0.717) is 0 Å². The molecule has 0 bridgehead atoms. The van der Waals surface area contributed by atoms with E-state index in [2.05, 4.69) is 64.6 Å². The Morgan fingerprint density at radius 1 is 1.00 bits per heavy atom. The average Bonchev–Trinajstić information content (AvgIpc) is 2.92. The van der Waals surface area contributed by atoms with Crippen molar-refractivity contribution < 1.29 is 58.9 Å². The van der Waals surface area contributed by atoms with Crippen LogP contribution in [0.5, 0.6) is 0 Å². The van der Waals surface area contributed by atoms with Gasteiger partial charge in [0.2, 0.25) is 0 Å². The molecule has 25 heavy (non-hydrogen) atoms. The number of hydrogen-bond donors (Lipinski definition) is 0. The number of aryl methyl sites for hydroxylation is 2. The van der Waals surface area contributed by atoms with Gasteiger partial charge >= 0.3 is 21.7 Å². The third-order valence-corrected chi connectivity index (χ3v) is 9.29. The van der Waals surface area contributed by atoms with Crippen LogP contribution in [0.4, 0.5) is 0 Å². The Hall–Kier alpha value is 0.501. The fourth-order valence-electron chi connectivity index (χ4n) is 3.60. The van der Waals surface area contributed by atoms with Gasteiger partial charge in [-0.2, -0.15) is 6.08 Å². The third kappa shape index (κ3) is 7.20. The summed E-state index contributed by atoms with van der Waals surface area (Å²) in [6, 6.07) is 8.53. The summed E-state index contributed by atoms with van der Waals surface area (Å²) in [5.41, 5.74) is 4.38. The van der Waals surface area contributed by atoms with Gasteiger partial charge in [0.05, 0.1) is 8.07 Å². The van der Waals surface area contributed by atoms with Crippen molar-refractivity contribution in [3.63, 3.8) is 0 Å². The van der Waals surface area contributed by atoms with Gasteiger partial charge in [-0.3, -0.25) is 6.08 Å². The van der Waals surface area contributed by atoms with Crippen molar-refractivity contribution in [2.75, 3.05) is 0 Å². The van der Waals surface area contributed by atoms with Gasteiger partial charge in [0.15, 0.2) is 0 Å². The maximum absolute atomic E-state index is 3.73. The number of benzene rings is 1. The minimum absolute atomic E-state index is 0. The first-order valence-corrected chi connectivity index (χ1v) is 11.1. The predicted octanol–water partition coefficient (Wildman–Crippen LogP) is -3.59. The average molecular weight is 452 g/mol. The first-order chi connectivity index (χ1) is 10.0. The van der Waals surface area contributed by atoms with E-state index in [1.54, 1.807) is 16.0 Å². The van der Waals surface area contributed by atoms with Gasteiger partial charge in [-0.25, -0.2) is 10.8 Å². The Morgan fingerprint density at radius 3 is 2.04 bits per heavy atom. The van der Waals surface area contributed by atoms with Crippen LogP contribution in [-0.4, -0.2) is 8.07 Å². The summed E-state index contributed by atoms with van der Waals surface area (Å²) in [4.78, 5) is 0. The second-order valence-corrected chi connectivity index (χ2v) is 10.9. The zero-order chi connectivity index (χ0) is 15.5. The van der Waals surface area contributed by atoms with Crippen LogP contribution in [0.15, 0.2) is 35.0 Å². The number of hydrogen-bond acceptors (Lipinski definition) is 0. The Morgan fingerprint density at radius 2 is 1.56 bits per heavy atom. The molecule has 2 rings (SSSR count). The van der Waals surface area contributed by atoms with E-state index in [1.807, 2.05) is 0 Å². The maximum Gasteiger partial charge on any atom is 4.00 e. The summed E-state index contributed by atoms with van der Waals surface area (Å²) in [6.07, 6.45) is 10.9. The van der Waals surface area contributed by atoms with E-state index in [9.17, 15) is 0 Å². The number of allylic oxidation sites excluding steroid dienone is 4. The van der Waals surface area contributed by atoms with Crippen molar-refractivity contribution in [2.24, 2.45) is 0 Å². The van der Waals surface area contributed by atoms with Gasteiger partial charge in [-0.1, -0.05) is 80.2 Å². The molecule has 0 fully saturated rings. The molecular weight excluding hydrogens is 423 g/mol. The Labute approximate surface area is 189 Å². The summed E-state index contributed by atoms with van der Waals surface area (Å²) in [7, 11) is -1.62. The summed E-state index contributed by atoms with van der Waals surface area (Å²) < 4.78 is 0. The van der Waals surface area contributed by atoms with Crippen LogP contribution in [0.3, 0.4) is 0 Å². The fourth-order valence-corrected chi connectivity index (χ4v) is 8.06. The number of unbranched alkanes of at least 4 members (excludes halogenated alkanes) is 1. The molecular formula is C20H29Cl3SiTi. The second-order valence-electron chi connectivity index (χ2n) is 6.65. The van der Waals surface area contributed by atoms with E-state index < -0.39 is 8.07 Å². The first kappa shape index (κ1) is 30.2. The van der Waals surface area contributed by atoms with Gasteiger partial charge in [-0.05, 0) is 13.8 Å². The smallest absolute Gasteiger partial charge is 1.00 e. The van der Waals surface area contributed by atoms with E-state index in [-0.39, 0.29) is 58.9 Å². The normalized spacial score (nSPS) is 14.6. The van der Waals surface area contributed by atoms with E-state index in [1.165, 1.54) is 30.0 Å². The monoisotopic (exact) mass is 450 g/mol. The minimum atomic E-state index is -1.62. The Bertz CT molecular complexity index is 564. The van der Waals surface area contributed by atoms with Gasteiger partial charge in [0, 0.05) is 0 Å². The largest absolute Gasteiger partial charge is 4.00 e. The molecule has 0 aromatic heterocycles. The molecule has 0 radical (unpaired) electrons. The third-order valence-electron chi connectivity index (χ3n) is 4.77. The molecule has 1 unspecified atom stereocenters. The maximum atomic E-state index is 3.73. The second kappa shape index (κ2) is 13.6. The minimum Gasteiger partial charge on any atom is -1.00 e. The van der Waals surface area contributed by atoms with Gasteiger partial charge in [-0.15, -0.1) is 6.42 Å². The molecule has 0 amide bonds. The topological polar surface area (TPSA) is 0 Å². The Kier molecular flexibility index (Phi) is 16.5. The van der Waals surface area contributed by atoms with Gasteiger partial charge in [0.1, 0.15) is 0 Å². The van der Waals surface area contributed by atoms with E-state index in [4.69, 9.17) is 0 Å². The summed E-state index contributed by atoms with van der Waals surface area (Å²) in [5, 5.41) is 3.21. The summed E-state index contributed by atoms with van der Waals surface area (Å²) in [6.45, 7) is 11.6. The molecule has 138 valence electrons. The van der Waals surface area contributed by atoms with Crippen molar-refractivity contribution in [1.82, 2.24) is 0 Å². The number of rotatable bonds is 6. The zero-order valence-corrected chi connectivity index (χ0v) is 20.8. The Balaban J connectivity index is -0.00000121. The van der Waals surface area contributed by atoms with Crippen LogP contribution >= 0.6 is 0 Å². The molecule has 1 aliphatic rings. The molecule has 1 aliphatic carbocycles. The molecule has 0 N–H and O–H groups in total. The van der Waals surface area contributed by atoms with Crippen LogP contribution < -0.4 is 42.4 Å². The standard InChI is InChI=1S/C20H29Si.3ClH.Ti/c1-6-8-12-21(5,20-11-9-10-18(20)7-2)19-14-16(3)13-17(4)15-19;;;;/h10,13-15H,6-9,12H2,1-5H3;3*1H;/q-1;;;;+4/p-3. The summed E-state index contributed by atoms with van der Waals surface area (Å²) in [5.74, 6) is 0. The molecule has 1 aromatic carbocycles. The van der Waals surface area contributed by atoms with Crippen LogP contribution in [0.1, 0.15) is 50.7 Å². The zero-order valence-electron chi connectivity index (χ0n) is 16.0. The van der Waals surface area contributed by atoms with Crippen molar-refractivity contribution in [3.8, 4) is 0 Å². The van der Waals surface area contributed by atoms with Crippen LogP contribution in [0.25, 0.3) is 0 Å². The first-order valence-electron chi connectivity index (χ1n) is 8.40. The molecule has 5 heteroatoms.